The van der Waals surface area contributed by atoms with Crippen molar-refractivity contribution in [2.75, 3.05) is 11.9 Å². The Morgan fingerprint density at radius 1 is 1.44 bits per heavy atom. The Hall–Kier alpha value is -1.88. The van der Waals surface area contributed by atoms with Crippen molar-refractivity contribution < 1.29 is 9.53 Å². The van der Waals surface area contributed by atoms with Crippen LogP contribution in [0.5, 0.6) is 0 Å². The molecule has 0 unspecified atom stereocenters. The van der Waals surface area contributed by atoms with Gasteiger partial charge in [-0.2, -0.15) is 0 Å². The Balaban J connectivity index is 2.09. The topological polar surface area (TPSA) is 51.2 Å². The molecule has 1 aromatic heterocycles. The van der Waals surface area contributed by atoms with Gasteiger partial charge in [0.2, 0.25) is 0 Å². The molecule has 5 heteroatoms. The summed E-state index contributed by atoms with van der Waals surface area (Å²) in [5.74, 6) is -0.306. The molecule has 0 amide bonds. The van der Waals surface area contributed by atoms with Crippen LogP contribution >= 0.6 is 11.3 Å². The molecule has 0 aliphatic heterocycles. The molecule has 2 aromatic rings. The minimum Gasteiger partial charge on any atom is -0.462 e. The van der Waals surface area contributed by atoms with Gasteiger partial charge in [-0.1, -0.05) is 12.1 Å². The van der Waals surface area contributed by atoms with E-state index in [1.165, 1.54) is 0 Å². The minimum absolute atomic E-state index is 0.306. The normalized spacial score (nSPS) is 10.1. The van der Waals surface area contributed by atoms with Gasteiger partial charge >= 0.3 is 5.97 Å². The van der Waals surface area contributed by atoms with Crippen LogP contribution in [0.2, 0.25) is 0 Å². The maximum Gasteiger partial charge on any atom is 0.340 e. The first-order valence-corrected chi connectivity index (χ1v) is 6.57. The van der Waals surface area contributed by atoms with Crippen molar-refractivity contribution in [2.45, 2.75) is 13.5 Å². The van der Waals surface area contributed by atoms with Crippen molar-refractivity contribution >= 4 is 23.0 Å². The molecule has 0 saturated heterocycles. The second-order valence-electron chi connectivity index (χ2n) is 3.55. The average Bonchev–Trinajstić information content (AvgIpc) is 2.90. The van der Waals surface area contributed by atoms with Gasteiger partial charge in [0.15, 0.2) is 0 Å². The first-order chi connectivity index (χ1) is 8.81. The summed E-state index contributed by atoms with van der Waals surface area (Å²) in [6.07, 6.45) is 1.76. The van der Waals surface area contributed by atoms with Gasteiger partial charge in [-0.15, -0.1) is 11.3 Å². The molecule has 94 valence electrons. The lowest BCUT2D eigenvalue weighted by molar-refractivity contribution is 0.0527. The first-order valence-electron chi connectivity index (χ1n) is 5.69. The molecule has 2 rings (SSSR count). The maximum absolute atomic E-state index is 11.8. The van der Waals surface area contributed by atoms with E-state index in [0.29, 0.717) is 18.7 Å². The van der Waals surface area contributed by atoms with Crippen LogP contribution in [-0.4, -0.2) is 17.6 Å². The summed E-state index contributed by atoms with van der Waals surface area (Å²) in [7, 11) is 0. The molecule has 0 saturated carbocycles. The lowest BCUT2D eigenvalue weighted by Crippen LogP contribution is -2.09. The lowest BCUT2D eigenvalue weighted by atomic mass is 10.2. The third-order valence-electron chi connectivity index (χ3n) is 2.34. The largest absolute Gasteiger partial charge is 0.462 e. The summed E-state index contributed by atoms with van der Waals surface area (Å²) >= 11 is 1.58. The van der Waals surface area contributed by atoms with Crippen molar-refractivity contribution in [1.82, 2.24) is 4.98 Å². The molecule has 0 atom stereocenters. The van der Waals surface area contributed by atoms with E-state index in [4.69, 9.17) is 4.74 Å². The smallest absolute Gasteiger partial charge is 0.340 e. The Labute approximate surface area is 110 Å². The highest BCUT2D eigenvalue weighted by molar-refractivity contribution is 7.09. The van der Waals surface area contributed by atoms with Gasteiger partial charge in [-0.25, -0.2) is 9.78 Å². The fraction of sp³-hybridized carbons (Fsp3) is 0.231. The molecule has 0 bridgehead atoms. The molecule has 1 N–H and O–H groups in total. The van der Waals surface area contributed by atoms with E-state index in [0.717, 1.165) is 10.7 Å². The summed E-state index contributed by atoms with van der Waals surface area (Å²) in [6.45, 7) is 2.78. The Kier molecular flexibility index (Phi) is 4.30. The molecule has 0 spiro atoms. The number of benzene rings is 1. The van der Waals surface area contributed by atoms with Gasteiger partial charge in [-0.3, -0.25) is 0 Å². The van der Waals surface area contributed by atoms with Crippen LogP contribution in [0.4, 0.5) is 5.69 Å². The lowest BCUT2D eigenvalue weighted by Gasteiger charge is -2.09. The van der Waals surface area contributed by atoms with Crippen LogP contribution in [0, 0.1) is 0 Å². The van der Waals surface area contributed by atoms with Gasteiger partial charge in [-0.05, 0) is 19.1 Å². The molecule has 0 aliphatic rings. The first kappa shape index (κ1) is 12.6. The number of anilines is 1. The molecular weight excluding hydrogens is 248 g/mol. The van der Waals surface area contributed by atoms with E-state index in [-0.39, 0.29) is 5.97 Å². The summed E-state index contributed by atoms with van der Waals surface area (Å²) in [6, 6.07) is 7.32. The quantitative estimate of drug-likeness (QED) is 0.842. The summed E-state index contributed by atoms with van der Waals surface area (Å²) in [5.41, 5.74) is 1.32. The van der Waals surface area contributed by atoms with Crippen molar-refractivity contribution in [2.24, 2.45) is 0 Å². The molecule has 18 heavy (non-hydrogen) atoms. The summed E-state index contributed by atoms with van der Waals surface area (Å²) in [4.78, 5) is 15.9. The summed E-state index contributed by atoms with van der Waals surface area (Å²) < 4.78 is 5.01. The SMILES string of the molecule is CCOC(=O)c1ccccc1NCc1nccs1. The van der Waals surface area contributed by atoms with Crippen LogP contribution in [0.1, 0.15) is 22.3 Å². The van der Waals surface area contributed by atoms with Crippen LogP contribution < -0.4 is 5.32 Å². The highest BCUT2D eigenvalue weighted by Gasteiger charge is 2.11. The Morgan fingerprint density at radius 2 is 2.28 bits per heavy atom. The zero-order valence-corrected chi connectivity index (χ0v) is 10.9. The zero-order valence-electron chi connectivity index (χ0n) is 10.1. The van der Waals surface area contributed by atoms with E-state index in [1.54, 1.807) is 30.5 Å². The standard InChI is InChI=1S/C13H14N2O2S/c1-2-17-13(16)10-5-3-4-6-11(10)15-9-12-14-7-8-18-12/h3-8,15H,2,9H2,1H3. The molecular formula is C13H14N2O2S. The highest BCUT2D eigenvalue weighted by atomic mass is 32.1. The average molecular weight is 262 g/mol. The maximum atomic E-state index is 11.8. The fourth-order valence-electron chi connectivity index (χ4n) is 1.54. The number of rotatable bonds is 5. The number of hydrogen-bond acceptors (Lipinski definition) is 5. The number of nitrogens with one attached hydrogen (secondary N) is 1. The number of esters is 1. The summed E-state index contributed by atoms with van der Waals surface area (Å²) in [5, 5.41) is 6.11. The molecule has 1 aromatic carbocycles. The van der Waals surface area contributed by atoms with Gasteiger partial charge in [0.05, 0.1) is 18.7 Å². The van der Waals surface area contributed by atoms with Crippen LogP contribution in [0.25, 0.3) is 0 Å². The van der Waals surface area contributed by atoms with Gasteiger partial charge in [0.25, 0.3) is 0 Å². The third kappa shape index (κ3) is 3.07. The van der Waals surface area contributed by atoms with E-state index in [2.05, 4.69) is 10.3 Å². The number of carbonyl (C=O) groups is 1. The predicted octanol–water partition coefficient (Wildman–Crippen LogP) is 2.93. The van der Waals surface area contributed by atoms with E-state index in [1.807, 2.05) is 23.6 Å². The van der Waals surface area contributed by atoms with Crippen molar-refractivity contribution in [3.63, 3.8) is 0 Å². The number of aromatic nitrogens is 1. The second-order valence-corrected chi connectivity index (χ2v) is 4.52. The number of hydrogen-bond donors (Lipinski definition) is 1. The van der Waals surface area contributed by atoms with Crippen LogP contribution in [-0.2, 0) is 11.3 Å². The van der Waals surface area contributed by atoms with Gasteiger partial charge in [0, 0.05) is 17.3 Å². The van der Waals surface area contributed by atoms with Crippen LogP contribution in [0.3, 0.4) is 0 Å². The van der Waals surface area contributed by atoms with Gasteiger partial charge < -0.3 is 10.1 Å². The predicted molar refractivity (Wildman–Crippen MR) is 71.8 cm³/mol. The highest BCUT2D eigenvalue weighted by Crippen LogP contribution is 2.17. The molecule has 1 heterocycles. The molecule has 4 nitrogen and oxygen atoms in total. The molecule has 0 radical (unpaired) electrons. The Morgan fingerprint density at radius 3 is 3.00 bits per heavy atom. The van der Waals surface area contributed by atoms with Crippen LogP contribution in [0.15, 0.2) is 35.8 Å². The molecule has 0 aliphatic carbocycles. The molecule has 0 fully saturated rings. The van der Waals surface area contributed by atoms with E-state index < -0.39 is 0 Å². The number of thiazole rings is 1. The van der Waals surface area contributed by atoms with Gasteiger partial charge in [0.1, 0.15) is 5.01 Å². The zero-order chi connectivity index (χ0) is 12.8. The van der Waals surface area contributed by atoms with Crippen molar-refractivity contribution in [3.8, 4) is 0 Å². The minimum atomic E-state index is -0.306. The van der Waals surface area contributed by atoms with E-state index >= 15 is 0 Å². The second kappa shape index (κ2) is 6.16. The third-order valence-corrected chi connectivity index (χ3v) is 3.12. The van der Waals surface area contributed by atoms with E-state index in [9.17, 15) is 4.79 Å². The van der Waals surface area contributed by atoms with Crippen molar-refractivity contribution in [1.29, 1.82) is 0 Å². The fourth-order valence-corrected chi connectivity index (χ4v) is 2.09. The number of para-hydroxylation sites is 1. The Bertz CT molecular complexity index is 511. The van der Waals surface area contributed by atoms with Crippen molar-refractivity contribution in [3.05, 3.63) is 46.4 Å². The number of carbonyl (C=O) groups excluding carboxylic acids is 1. The number of ether oxygens (including phenoxy) is 1. The number of nitrogens with zero attached hydrogens (tertiary/aromatic N) is 1. The monoisotopic (exact) mass is 262 g/mol.